The molecule has 2 aromatic heterocycles. The highest BCUT2D eigenvalue weighted by atomic mass is 32.1. The molecule has 3 aromatic carbocycles. The van der Waals surface area contributed by atoms with E-state index in [0.29, 0.717) is 16.5 Å². The van der Waals surface area contributed by atoms with Crippen molar-refractivity contribution < 1.29 is 9.53 Å². The van der Waals surface area contributed by atoms with E-state index in [2.05, 4.69) is 72.6 Å². The van der Waals surface area contributed by atoms with Gasteiger partial charge in [0.25, 0.3) is 5.91 Å². The molecule has 5 aromatic rings. The first-order valence-electron chi connectivity index (χ1n) is 14.0. The first kappa shape index (κ1) is 28.0. The number of ether oxygens (including phenoxy) is 1. The fourth-order valence-electron chi connectivity index (χ4n) is 5.28. The van der Waals surface area contributed by atoms with Crippen LogP contribution in [0.15, 0.2) is 122 Å². The summed E-state index contributed by atoms with van der Waals surface area (Å²) in [4.78, 5) is 21.4. The Kier molecular flexibility index (Phi) is 8.06. The van der Waals surface area contributed by atoms with E-state index in [1.807, 2.05) is 86.9 Å². The van der Waals surface area contributed by atoms with Gasteiger partial charge in [-0.1, -0.05) is 24.3 Å². The van der Waals surface area contributed by atoms with Crippen molar-refractivity contribution in [1.29, 1.82) is 0 Å². The number of nitrogens with zero attached hydrogens (tertiary/aromatic N) is 4. The Morgan fingerprint density at radius 3 is 2.33 bits per heavy atom. The van der Waals surface area contributed by atoms with Gasteiger partial charge in [-0.05, 0) is 97.1 Å². The molecule has 9 heteroatoms. The van der Waals surface area contributed by atoms with Crippen molar-refractivity contribution in [3.63, 3.8) is 0 Å². The average Bonchev–Trinajstić information content (AvgIpc) is 3.66. The molecule has 1 aliphatic rings. The topological polar surface area (TPSA) is 74.7 Å². The molecule has 2 atom stereocenters. The van der Waals surface area contributed by atoms with E-state index >= 15 is 0 Å². The quantitative estimate of drug-likeness (QED) is 0.201. The second kappa shape index (κ2) is 12.4. The third-order valence-electron chi connectivity index (χ3n) is 7.37. The molecule has 0 bridgehead atoms. The van der Waals surface area contributed by atoms with Crippen LogP contribution < -0.4 is 25.2 Å². The maximum Gasteiger partial charge on any atom is 0.262 e. The number of para-hydroxylation sites is 1. The summed E-state index contributed by atoms with van der Waals surface area (Å²) >= 11 is 5.93. The predicted molar refractivity (Wildman–Crippen MR) is 175 cm³/mol. The first-order valence-corrected chi connectivity index (χ1v) is 14.4. The molecule has 1 amide bonds. The first-order chi connectivity index (χ1) is 21.0. The van der Waals surface area contributed by atoms with E-state index in [0.717, 1.165) is 28.5 Å². The van der Waals surface area contributed by atoms with E-state index in [-0.39, 0.29) is 24.6 Å². The molecule has 1 fully saturated rings. The van der Waals surface area contributed by atoms with E-state index < -0.39 is 0 Å². The molecule has 2 N–H and O–H groups in total. The van der Waals surface area contributed by atoms with Crippen LogP contribution in [0.25, 0.3) is 5.69 Å². The molecular formula is C34H32N6O2S. The highest BCUT2D eigenvalue weighted by molar-refractivity contribution is 7.80. The molecule has 3 heterocycles. The summed E-state index contributed by atoms with van der Waals surface area (Å²) in [5.41, 5.74) is 5.72. The minimum atomic E-state index is -0.235. The minimum absolute atomic E-state index is 0.0771. The van der Waals surface area contributed by atoms with E-state index in [9.17, 15) is 4.79 Å². The molecule has 8 nitrogen and oxygen atoms in total. The standard InChI is InChI=1S/C34H32N6O2S/c1-38(2)25-17-19-26(20-18-25)39-22-8-12-30(39)33-32(29-11-6-7-21-35-29)37-34(43)40(33)27-15-13-24(14-16-27)36-31(41)23-42-28-9-4-3-5-10-28/h3-22,32-33H,23H2,1-2H3,(H,36,41)(H,37,43)/t32-,33+/m1/s1. The number of pyridine rings is 1. The maximum atomic E-state index is 12.5. The molecule has 0 spiro atoms. The largest absolute Gasteiger partial charge is 0.484 e. The van der Waals surface area contributed by atoms with Gasteiger partial charge in [0.2, 0.25) is 0 Å². The number of carbonyl (C=O) groups is 1. The number of aromatic nitrogens is 2. The van der Waals surface area contributed by atoms with Gasteiger partial charge < -0.3 is 29.7 Å². The van der Waals surface area contributed by atoms with Crippen LogP contribution in [0.4, 0.5) is 17.1 Å². The van der Waals surface area contributed by atoms with Crippen molar-refractivity contribution in [2.75, 3.05) is 35.8 Å². The number of anilines is 3. The van der Waals surface area contributed by atoms with Crippen LogP contribution in [0.2, 0.25) is 0 Å². The molecule has 0 radical (unpaired) electrons. The summed E-state index contributed by atoms with van der Waals surface area (Å²) in [7, 11) is 4.07. The van der Waals surface area contributed by atoms with Crippen LogP contribution in [0.5, 0.6) is 5.75 Å². The van der Waals surface area contributed by atoms with Crippen LogP contribution in [-0.2, 0) is 4.79 Å². The lowest BCUT2D eigenvalue weighted by Gasteiger charge is -2.29. The Morgan fingerprint density at radius 1 is 0.907 bits per heavy atom. The van der Waals surface area contributed by atoms with Crippen molar-refractivity contribution in [2.45, 2.75) is 12.1 Å². The molecule has 43 heavy (non-hydrogen) atoms. The number of nitrogens with one attached hydrogen (secondary N) is 2. The van der Waals surface area contributed by atoms with Crippen LogP contribution >= 0.6 is 12.2 Å². The highest BCUT2D eigenvalue weighted by Gasteiger charge is 2.42. The number of hydrogen-bond donors (Lipinski definition) is 2. The molecule has 1 saturated heterocycles. The number of thiocarbonyl (C=S) groups is 1. The Morgan fingerprint density at radius 2 is 1.63 bits per heavy atom. The lowest BCUT2D eigenvalue weighted by Crippen LogP contribution is -2.30. The summed E-state index contributed by atoms with van der Waals surface area (Å²) < 4.78 is 7.78. The van der Waals surface area contributed by atoms with Gasteiger partial charge in [-0.2, -0.15) is 0 Å². The minimum Gasteiger partial charge on any atom is -0.484 e. The summed E-state index contributed by atoms with van der Waals surface area (Å²) in [6.45, 7) is -0.0771. The van der Waals surface area contributed by atoms with E-state index in [4.69, 9.17) is 17.0 Å². The number of amides is 1. The lowest BCUT2D eigenvalue weighted by atomic mass is 10.0. The van der Waals surface area contributed by atoms with Gasteiger partial charge in [-0.3, -0.25) is 9.78 Å². The van der Waals surface area contributed by atoms with Crippen molar-refractivity contribution in [3.8, 4) is 11.4 Å². The normalized spacial score (nSPS) is 16.0. The highest BCUT2D eigenvalue weighted by Crippen LogP contribution is 2.42. The fourth-order valence-corrected chi connectivity index (χ4v) is 5.63. The lowest BCUT2D eigenvalue weighted by molar-refractivity contribution is -0.118. The molecule has 216 valence electrons. The van der Waals surface area contributed by atoms with E-state index in [1.165, 1.54) is 0 Å². The summed E-state index contributed by atoms with van der Waals surface area (Å²) in [6, 6.07) is 35.2. The summed E-state index contributed by atoms with van der Waals surface area (Å²) in [6.07, 6.45) is 3.88. The predicted octanol–water partition coefficient (Wildman–Crippen LogP) is 6.13. The Hall–Kier alpha value is -5.15. The Labute approximate surface area is 256 Å². The smallest absolute Gasteiger partial charge is 0.262 e. The van der Waals surface area contributed by atoms with Crippen LogP contribution in [0.1, 0.15) is 23.5 Å². The van der Waals surface area contributed by atoms with Gasteiger partial charge in [0.15, 0.2) is 11.7 Å². The third kappa shape index (κ3) is 6.07. The van der Waals surface area contributed by atoms with Crippen LogP contribution in [0.3, 0.4) is 0 Å². The Balaban J connectivity index is 1.28. The van der Waals surface area contributed by atoms with Crippen LogP contribution in [-0.4, -0.2) is 41.3 Å². The molecule has 0 saturated carbocycles. The fraction of sp³-hybridized carbons (Fsp3) is 0.147. The number of rotatable bonds is 9. The maximum absolute atomic E-state index is 12.5. The number of benzene rings is 3. The third-order valence-corrected chi connectivity index (χ3v) is 7.68. The average molecular weight is 589 g/mol. The van der Waals surface area contributed by atoms with E-state index in [1.54, 1.807) is 6.20 Å². The zero-order valence-electron chi connectivity index (χ0n) is 23.9. The van der Waals surface area contributed by atoms with Gasteiger partial charge in [-0.15, -0.1) is 0 Å². The number of hydrogen-bond acceptors (Lipinski definition) is 5. The second-order valence-corrected chi connectivity index (χ2v) is 10.8. The monoisotopic (exact) mass is 588 g/mol. The van der Waals surface area contributed by atoms with Crippen LogP contribution in [0, 0.1) is 0 Å². The summed E-state index contributed by atoms with van der Waals surface area (Å²) in [5, 5.41) is 7.04. The molecule has 0 aliphatic carbocycles. The zero-order valence-corrected chi connectivity index (χ0v) is 24.7. The van der Waals surface area contributed by atoms with Crippen molar-refractivity contribution in [3.05, 3.63) is 133 Å². The SMILES string of the molecule is CN(C)c1ccc(-n2cccc2[C@H]2[C@@H](c3ccccn3)NC(=S)N2c2ccc(NC(=O)COc3ccccc3)cc2)cc1. The van der Waals surface area contributed by atoms with Gasteiger partial charge in [-0.25, -0.2) is 0 Å². The van der Waals surface area contributed by atoms with Crippen molar-refractivity contribution in [1.82, 2.24) is 14.9 Å². The molecule has 6 rings (SSSR count). The van der Waals surface area contributed by atoms with Gasteiger partial charge in [0, 0.05) is 54.9 Å². The molecule has 1 aliphatic heterocycles. The van der Waals surface area contributed by atoms with Crippen molar-refractivity contribution >= 4 is 40.3 Å². The number of carbonyl (C=O) groups excluding carboxylic acids is 1. The van der Waals surface area contributed by atoms with Gasteiger partial charge >= 0.3 is 0 Å². The Bertz CT molecular complexity index is 1690. The van der Waals surface area contributed by atoms with Crippen molar-refractivity contribution in [2.24, 2.45) is 0 Å². The molecule has 0 unspecified atom stereocenters. The second-order valence-electron chi connectivity index (χ2n) is 10.4. The molecular weight excluding hydrogens is 556 g/mol. The van der Waals surface area contributed by atoms with Gasteiger partial charge in [0.1, 0.15) is 11.8 Å². The summed E-state index contributed by atoms with van der Waals surface area (Å²) in [5.74, 6) is 0.413. The zero-order chi connectivity index (χ0) is 29.8. The van der Waals surface area contributed by atoms with Gasteiger partial charge in [0.05, 0.1) is 11.7 Å².